The summed E-state index contributed by atoms with van der Waals surface area (Å²) in [5.41, 5.74) is 14.2. The molecule has 2 unspecified atom stereocenters. The number of nitrogens with two attached hydrogens (primary N) is 1. The molecule has 0 spiro atoms. The van der Waals surface area contributed by atoms with E-state index in [1.165, 1.54) is 22.3 Å². The van der Waals surface area contributed by atoms with E-state index in [1.54, 1.807) is 0 Å². The Morgan fingerprint density at radius 2 is 1.46 bits per heavy atom. The number of aryl methyl sites for hydroxylation is 2. The molecule has 4 heterocycles. The molecule has 0 aliphatic carbocycles. The highest BCUT2D eigenvalue weighted by Gasteiger charge is 2.28. The first-order chi connectivity index (χ1) is 18.1. The molecular formula is C31H32N4O2. The summed E-state index contributed by atoms with van der Waals surface area (Å²) < 4.78 is 12.8. The third-order valence-corrected chi connectivity index (χ3v) is 7.64. The Bertz CT molecular complexity index is 1450. The highest BCUT2D eigenvalue weighted by Crippen LogP contribution is 2.42. The van der Waals surface area contributed by atoms with Crippen molar-refractivity contribution in [3.8, 4) is 23.0 Å². The number of ether oxygens (including phenoxy) is 2. The predicted molar refractivity (Wildman–Crippen MR) is 145 cm³/mol. The Hall–Kier alpha value is -3.74. The minimum absolute atomic E-state index is 0.135. The summed E-state index contributed by atoms with van der Waals surface area (Å²) in [7, 11) is 0. The van der Waals surface area contributed by atoms with Gasteiger partial charge >= 0.3 is 0 Å². The van der Waals surface area contributed by atoms with Crippen LogP contribution in [0.3, 0.4) is 0 Å². The van der Waals surface area contributed by atoms with E-state index in [0.717, 1.165) is 59.3 Å². The fourth-order valence-electron chi connectivity index (χ4n) is 5.58. The monoisotopic (exact) mass is 492 g/mol. The van der Waals surface area contributed by atoms with Crippen molar-refractivity contribution in [2.45, 2.75) is 45.1 Å². The van der Waals surface area contributed by atoms with Crippen molar-refractivity contribution < 1.29 is 9.47 Å². The zero-order valence-electron chi connectivity index (χ0n) is 21.3. The van der Waals surface area contributed by atoms with E-state index in [4.69, 9.17) is 20.2 Å². The highest BCUT2D eigenvalue weighted by molar-refractivity contribution is 5.52. The van der Waals surface area contributed by atoms with E-state index >= 15 is 0 Å². The molecule has 0 saturated heterocycles. The highest BCUT2D eigenvalue weighted by atomic mass is 16.5. The Morgan fingerprint density at radius 1 is 0.784 bits per heavy atom. The lowest BCUT2D eigenvalue weighted by Crippen LogP contribution is -2.23. The molecule has 0 bridgehead atoms. The van der Waals surface area contributed by atoms with Gasteiger partial charge in [-0.1, -0.05) is 24.3 Å². The molecule has 2 aliphatic heterocycles. The predicted octanol–water partition coefficient (Wildman–Crippen LogP) is 5.71. The molecule has 2 aromatic carbocycles. The van der Waals surface area contributed by atoms with Crippen molar-refractivity contribution in [1.82, 2.24) is 15.3 Å². The first-order valence-electron chi connectivity index (χ1n) is 13.0. The molecule has 0 fully saturated rings. The maximum absolute atomic E-state index is 6.54. The van der Waals surface area contributed by atoms with Crippen LogP contribution in [0.4, 0.5) is 0 Å². The maximum atomic E-state index is 6.54. The molecule has 2 atom stereocenters. The van der Waals surface area contributed by atoms with Gasteiger partial charge in [0.05, 0.1) is 11.4 Å². The summed E-state index contributed by atoms with van der Waals surface area (Å²) in [5.74, 6) is 3.82. The van der Waals surface area contributed by atoms with Crippen LogP contribution >= 0.6 is 0 Å². The largest absolute Gasteiger partial charge is 0.455 e. The second-order valence-corrected chi connectivity index (χ2v) is 10.0. The SMILES string of the molecule is Cc1cccc2c1CC(CNCc1ccc(C)c3c1Oc1cccnc1C(CN)C3)c1ncccc1O2. The van der Waals surface area contributed by atoms with Gasteiger partial charge in [0.1, 0.15) is 23.0 Å². The number of rotatable bonds is 5. The standard InChI is InChI=1S/C31H32N4O2/c1-19-6-3-7-26-24(19)15-23(30-27(36-26)8-4-13-35-30)18-33-17-21-11-10-20(2)25-14-22(16-32)29-28(37-31(21)25)9-5-12-34-29/h3-13,22-23,33H,14-18,32H2,1-2H3. The average molecular weight is 493 g/mol. The number of hydrogen-bond donors (Lipinski definition) is 2. The first kappa shape index (κ1) is 23.6. The van der Waals surface area contributed by atoms with Crippen LogP contribution in [0, 0.1) is 13.8 Å². The molecule has 6 rings (SSSR count). The summed E-state index contributed by atoms with van der Waals surface area (Å²) in [6.45, 7) is 6.28. The fraction of sp³-hybridized carbons (Fsp3) is 0.290. The van der Waals surface area contributed by atoms with E-state index in [2.05, 4.69) is 54.5 Å². The smallest absolute Gasteiger partial charge is 0.149 e. The second-order valence-electron chi connectivity index (χ2n) is 10.0. The van der Waals surface area contributed by atoms with Crippen LogP contribution in [-0.4, -0.2) is 23.1 Å². The van der Waals surface area contributed by atoms with Crippen LogP contribution in [0.1, 0.15) is 51.0 Å². The van der Waals surface area contributed by atoms with E-state index in [1.807, 2.05) is 36.7 Å². The van der Waals surface area contributed by atoms with Crippen LogP contribution in [-0.2, 0) is 19.4 Å². The van der Waals surface area contributed by atoms with Crippen molar-refractivity contribution in [2.24, 2.45) is 5.73 Å². The summed E-state index contributed by atoms with van der Waals surface area (Å²) in [4.78, 5) is 9.34. The third kappa shape index (κ3) is 4.47. The zero-order chi connectivity index (χ0) is 25.4. The quantitative estimate of drug-likeness (QED) is 0.372. The van der Waals surface area contributed by atoms with Crippen LogP contribution in [0.15, 0.2) is 67.0 Å². The third-order valence-electron chi connectivity index (χ3n) is 7.64. The number of nitrogens with zero attached hydrogens (tertiary/aromatic N) is 2. The summed E-state index contributed by atoms with van der Waals surface area (Å²) in [5, 5.41) is 3.71. The van der Waals surface area contributed by atoms with E-state index < -0.39 is 0 Å². The van der Waals surface area contributed by atoms with Gasteiger partial charge in [0.15, 0.2) is 0 Å². The van der Waals surface area contributed by atoms with Crippen LogP contribution in [0.25, 0.3) is 0 Å². The van der Waals surface area contributed by atoms with E-state index in [-0.39, 0.29) is 11.8 Å². The van der Waals surface area contributed by atoms with Crippen LogP contribution in [0.5, 0.6) is 23.0 Å². The maximum Gasteiger partial charge on any atom is 0.149 e. The molecule has 2 aliphatic rings. The Kier molecular flexibility index (Phi) is 6.37. The minimum atomic E-state index is 0.135. The average Bonchev–Trinajstić information content (AvgIpc) is 3.19. The van der Waals surface area contributed by atoms with Gasteiger partial charge in [-0.3, -0.25) is 9.97 Å². The fourth-order valence-corrected chi connectivity index (χ4v) is 5.58. The number of benzene rings is 2. The van der Waals surface area contributed by atoms with Crippen molar-refractivity contribution >= 4 is 0 Å². The molecule has 37 heavy (non-hydrogen) atoms. The Morgan fingerprint density at radius 3 is 2.24 bits per heavy atom. The molecule has 6 heteroatoms. The number of pyridine rings is 2. The number of aromatic nitrogens is 2. The van der Waals surface area contributed by atoms with Gasteiger partial charge in [0, 0.05) is 49.4 Å². The van der Waals surface area contributed by atoms with Crippen LogP contribution in [0.2, 0.25) is 0 Å². The topological polar surface area (TPSA) is 82.3 Å². The number of fused-ring (bicyclic) bond motifs is 4. The van der Waals surface area contributed by atoms with Gasteiger partial charge in [0.25, 0.3) is 0 Å². The van der Waals surface area contributed by atoms with Gasteiger partial charge in [-0.05, 0) is 79.3 Å². The van der Waals surface area contributed by atoms with Crippen LogP contribution < -0.4 is 20.5 Å². The first-order valence-corrected chi connectivity index (χ1v) is 13.0. The molecule has 6 nitrogen and oxygen atoms in total. The summed E-state index contributed by atoms with van der Waals surface area (Å²) in [6.07, 6.45) is 5.37. The van der Waals surface area contributed by atoms with Crippen molar-refractivity contribution in [2.75, 3.05) is 13.1 Å². The lowest BCUT2D eigenvalue weighted by molar-refractivity contribution is 0.461. The van der Waals surface area contributed by atoms with Crippen molar-refractivity contribution in [1.29, 1.82) is 0 Å². The van der Waals surface area contributed by atoms with Crippen molar-refractivity contribution in [3.05, 3.63) is 106 Å². The van der Waals surface area contributed by atoms with Gasteiger partial charge in [-0.25, -0.2) is 0 Å². The Labute approximate surface area is 217 Å². The normalized spacial score (nSPS) is 17.7. The van der Waals surface area contributed by atoms with Gasteiger partial charge < -0.3 is 20.5 Å². The summed E-state index contributed by atoms with van der Waals surface area (Å²) in [6, 6.07) is 18.5. The molecule has 0 saturated carbocycles. The lowest BCUT2D eigenvalue weighted by atomic mass is 9.91. The Balaban J connectivity index is 1.27. The molecule has 3 N–H and O–H groups in total. The number of hydrogen-bond acceptors (Lipinski definition) is 6. The molecule has 188 valence electrons. The van der Waals surface area contributed by atoms with E-state index in [0.29, 0.717) is 13.1 Å². The second kappa shape index (κ2) is 9.96. The molecule has 2 aromatic heterocycles. The molecule has 4 aromatic rings. The molecular weight excluding hydrogens is 460 g/mol. The van der Waals surface area contributed by atoms with Gasteiger partial charge in [-0.15, -0.1) is 0 Å². The summed E-state index contributed by atoms with van der Waals surface area (Å²) >= 11 is 0. The molecule has 0 radical (unpaired) electrons. The van der Waals surface area contributed by atoms with Gasteiger partial charge in [-0.2, -0.15) is 0 Å². The zero-order valence-corrected chi connectivity index (χ0v) is 21.3. The number of nitrogens with one attached hydrogen (secondary N) is 1. The lowest BCUT2D eigenvalue weighted by Gasteiger charge is -2.19. The van der Waals surface area contributed by atoms with Gasteiger partial charge in [0.2, 0.25) is 0 Å². The minimum Gasteiger partial charge on any atom is -0.455 e. The van der Waals surface area contributed by atoms with Crippen molar-refractivity contribution in [3.63, 3.8) is 0 Å². The van der Waals surface area contributed by atoms with E-state index in [9.17, 15) is 0 Å². The molecule has 0 amide bonds.